The van der Waals surface area contributed by atoms with Crippen LogP contribution in [0.25, 0.3) is 0 Å². The van der Waals surface area contributed by atoms with E-state index in [0.717, 1.165) is 19.3 Å². The molecule has 0 radical (unpaired) electrons. The van der Waals surface area contributed by atoms with Crippen LogP contribution < -0.4 is 0 Å². The van der Waals surface area contributed by atoms with Gasteiger partial charge in [0.05, 0.1) is 0 Å². The fraction of sp³-hybridized carbons (Fsp3) is 0.545. The van der Waals surface area contributed by atoms with Gasteiger partial charge in [-0.2, -0.15) is 0 Å². The van der Waals surface area contributed by atoms with Crippen molar-refractivity contribution in [1.29, 1.82) is 0 Å². The molecule has 0 aliphatic rings. The fourth-order valence-electron chi connectivity index (χ4n) is 0.849. The normalized spacial score (nSPS) is 9.85. The molecule has 0 aromatic carbocycles. The molecule has 0 aliphatic carbocycles. The molecule has 0 fully saturated rings. The van der Waals surface area contributed by atoms with E-state index in [0.29, 0.717) is 6.42 Å². The maximum absolute atomic E-state index is 11.0. The van der Waals surface area contributed by atoms with Gasteiger partial charge in [-0.15, -0.1) is 6.42 Å². The van der Waals surface area contributed by atoms with Crippen LogP contribution in [0.2, 0.25) is 0 Å². The molecule has 0 atom stereocenters. The maximum atomic E-state index is 11.0. The van der Waals surface area contributed by atoms with Crippen LogP contribution in [0.4, 0.5) is 0 Å². The van der Waals surface area contributed by atoms with E-state index in [4.69, 9.17) is 11.2 Å². The third-order valence-corrected chi connectivity index (χ3v) is 1.54. The zero-order chi connectivity index (χ0) is 9.94. The predicted molar refractivity (Wildman–Crippen MR) is 53.1 cm³/mol. The van der Waals surface area contributed by atoms with Gasteiger partial charge < -0.3 is 4.74 Å². The van der Waals surface area contributed by atoms with E-state index in [2.05, 4.69) is 12.8 Å². The van der Waals surface area contributed by atoms with Gasteiger partial charge >= 0.3 is 5.97 Å². The standard InChI is InChI=1S/C11H16O2/c1-3-5-7-9-11(12)13-10-8-6-4-2/h2,6,8H,3,5,7,9-10H2,1H3/b8-6+. The van der Waals surface area contributed by atoms with Crippen molar-refractivity contribution < 1.29 is 9.53 Å². The molecule has 0 rings (SSSR count). The zero-order valence-electron chi connectivity index (χ0n) is 8.08. The molecule has 0 bridgehead atoms. The van der Waals surface area contributed by atoms with Gasteiger partial charge in [-0.1, -0.05) is 25.7 Å². The molecule has 0 saturated carbocycles. The van der Waals surface area contributed by atoms with Crippen molar-refractivity contribution in [3.05, 3.63) is 12.2 Å². The highest BCUT2D eigenvalue weighted by atomic mass is 16.5. The van der Waals surface area contributed by atoms with Crippen molar-refractivity contribution in [2.45, 2.75) is 32.6 Å². The maximum Gasteiger partial charge on any atom is 0.306 e. The Morgan fingerprint density at radius 2 is 2.31 bits per heavy atom. The number of rotatable bonds is 6. The molecule has 0 unspecified atom stereocenters. The van der Waals surface area contributed by atoms with Crippen molar-refractivity contribution in [3.8, 4) is 12.3 Å². The van der Waals surface area contributed by atoms with Crippen LogP contribution in [-0.4, -0.2) is 12.6 Å². The lowest BCUT2D eigenvalue weighted by Crippen LogP contribution is -2.03. The summed E-state index contributed by atoms with van der Waals surface area (Å²) in [4.78, 5) is 11.0. The lowest BCUT2D eigenvalue weighted by Gasteiger charge is -2.00. The molecule has 0 saturated heterocycles. The second-order valence-electron chi connectivity index (χ2n) is 2.71. The molecule has 0 aromatic rings. The molecule has 0 spiro atoms. The summed E-state index contributed by atoms with van der Waals surface area (Å²) in [6.07, 6.45) is 11.8. The Bertz CT molecular complexity index is 199. The lowest BCUT2D eigenvalue weighted by molar-refractivity contribution is -0.142. The molecule has 0 heterocycles. The van der Waals surface area contributed by atoms with Gasteiger partial charge in [0, 0.05) is 6.42 Å². The summed E-state index contributed by atoms with van der Waals surface area (Å²) < 4.78 is 4.87. The topological polar surface area (TPSA) is 26.3 Å². The minimum atomic E-state index is -0.143. The van der Waals surface area contributed by atoms with E-state index in [9.17, 15) is 4.79 Å². The summed E-state index contributed by atoms with van der Waals surface area (Å²) in [5.74, 6) is 2.18. The van der Waals surface area contributed by atoms with E-state index in [1.165, 1.54) is 6.08 Å². The van der Waals surface area contributed by atoms with Crippen molar-refractivity contribution in [2.75, 3.05) is 6.61 Å². The Morgan fingerprint density at radius 1 is 1.54 bits per heavy atom. The Balaban J connectivity index is 3.31. The van der Waals surface area contributed by atoms with Gasteiger partial charge in [0.1, 0.15) is 6.61 Å². The van der Waals surface area contributed by atoms with E-state index in [1.807, 2.05) is 0 Å². The van der Waals surface area contributed by atoms with Crippen LogP contribution >= 0.6 is 0 Å². The average Bonchev–Trinajstić information content (AvgIpc) is 2.13. The van der Waals surface area contributed by atoms with Crippen LogP contribution in [0, 0.1) is 12.3 Å². The second-order valence-corrected chi connectivity index (χ2v) is 2.71. The first kappa shape index (κ1) is 11.8. The number of unbranched alkanes of at least 4 members (excludes halogenated alkanes) is 2. The SMILES string of the molecule is C#C/C=C/COC(=O)CCCCC. The summed E-state index contributed by atoms with van der Waals surface area (Å²) in [6, 6.07) is 0. The lowest BCUT2D eigenvalue weighted by atomic mass is 10.2. The van der Waals surface area contributed by atoms with Crippen LogP contribution in [0.1, 0.15) is 32.6 Å². The molecule has 0 aromatic heterocycles. The molecule has 0 N–H and O–H groups in total. The molecule has 0 amide bonds. The second kappa shape index (κ2) is 8.86. The molecule has 13 heavy (non-hydrogen) atoms. The van der Waals surface area contributed by atoms with Crippen LogP contribution in [0.5, 0.6) is 0 Å². The van der Waals surface area contributed by atoms with Gasteiger partial charge in [0.15, 0.2) is 0 Å². The van der Waals surface area contributed by atoms with Crippen molar-refractivity contribution in [2.24, 2.45) is 0 Å². The molecule has 0 aliphatic heterocycles. The van der Waals surface area contributed by atoms with E-state index in [-0.39, 0.29) is 12.6 Å². The Hall–Kier alpha value is -1.23. The summed E-state index contributed by atoms with van der Waals surface area (Å²) >= 11 is 0. The van der Waals surface area contributed by atoms with Crippen molar-refractivity contribution in [1.82, 2.24) is 0 Å². The largest absolute Gasteiger partial charge is 0.461 e. The smallest absolute Gasteiger partial charge is 0.306 e. The Kier molecular flexibility index (Phi) is 8.02. The van der Waals surface area contributed by atoms with E-state index in [1.54, 1.807) is 6.08 Å². The number of carbonyl (C=O) groups is 1. The molecule has 2 nitrogen and oxygen atoms in total. The minimum Gasteiger partial charge on any atom is -0.461 e. The Labute approximate surface area is 80.0 Å². The highest BCUT2D eigenvalue weighted by Gasteiger charge is 1.99. The first-order valence-electron chi connectivity index (χ1n) is 4.58. The molecular formula is C11H16O2. The average molecular weight is 180 g/mol. The molecule has 72 valence electrons. The van der Waals surface area contributed by atoms with Gasteiger partial charge in [-0.05, 0) is 18.6 Å². The first-order chi connectivity index (χ1) is 6.31. The van der Waals surface area contributed by atoms with E-state index >= 15 is 0 Å². The third-order valence-electron chi connectivity index (χ3n) is 1.54. The van der Waals surface area contributed by atoms with E-state index < -0.39 is 0 Å². The number of ether oxygens (including phenoxy) is 1. The van der Waals surface area contributed by atoms with Gasteiger partial charge in [-0.25, -0.2) is 0 Å². The summed E-state index contributed by atoms with van der Waals surface area (Å²) in [7, 11) is 0. The van der Waals surface area contributed by atoms with Gasteiger partial charge in [-0.3, -0.25) is 4.79 Å². The number of terminal acetylenes is 1. The first-order valence-corrected chi connectivity index (χ1v) is 4.58. The predicted octanol–water partition coefficient (Wildman–Crippen LogP) is 2.30. The number of hydrogen-bond acceptors (Lipinski definition) is 2. The summed E-state index contributed by atoms with van der Waals surface area (Å²) in [6.45, 7) is 2.39. The fourth-order valence-corrected chi connectivity index (χ4v) is 0.849. The highest BCUT2D eigenvalue weighted by molar-refractivity contribution is 5.69. The van der Waals surface area contributed by atoms with Crippen molar-refractivity contribution >= 4 is 5.97 Å². The van der Waals surface area contributed by atoms with Gasteiger partial charge in [0.2, 0.25) is 0 Å². The number of carbonyl (C=O) groups excluding carboxylic acids is 1. The quantitative estimate of drug-likeness (QED) is 0.356. The van der Waals surface area contributed by atoms with Crippen LogP contribution in [-0.2, 0) is 9.53 Å². The number of esters is 1. The highest BCUT2D eigenvalue weighted by Crippen LogP contribution is 2.00. The Morgan fingerprint density at radius 3 is 2.92 bits per heavy atom. The van der Waals surface area contributed by atoms with Crippen LogP contribution in [0.3, 0.4) is 0 Å². The van der Waals surface area contributed by atoms with Gasteiger partial charge in [0.25, 0.3) is 0 Å². The monoisotopic (exact) mass is 180 g/mol. The van der Waals surface area contributed by atoms with Crippen molar-refractivity contribution in [3.63, 3.8) is 0 Å². The summed E-state index contributed by atoms with van der Waals surface area (Å²) in [5, 5.41) is 0. The molecular weight excluding hydrogens is 164 g/mol. The minimum absolute atomic E-state index is 0.143. The molecule has 2 heteroatoms. The number of allylic oxidation sites excluding steroid dienone is 1. The summed E-state index contributed by atoms with van der Waals surface area (Å²) in [5.41, 5.74) is 0. The zero-order valence-corrected chi connectivity index (χ0v) is 8.08. The number of hydrogen-bond donors (Lipinski definition) is 0. The third kappa shape index (κ3) is 8.68. The van der Waals surface area contributed by atoms with Crippen LogP contribution in [0.15, 0.2) is 12.2 Å².